The maximum absolute atomic E-state index is 13.6. The van der Waals surface area contributed by atoms with E-state index in [1.165, 1.54) is 6.07 Å². The fourth-order valence-electron chi connectivity index (χ4n) is 1.71. The van der Waals surface area contributed by atoms with Crippen LogP contribution in [0.2, 0.25) is 0 Å². The number of nitrogens with two attached hydrogens (primary N) is 1. The minimum Gasteiger partial charge on any atom is -0.398 e. The number of para-hydroxylation sites is 1. The number of nitrogen functional groups attached to an aromatic ring is 1. The number of rotatable bonds is 3. The van der Waals surface area contributed by atoms with Gasteiger partial charge in [-0.3, -0.25) is 0 Å². The Morgan fingerprint density at radius 3 is 2.78 bits per heavy atom. The summed E-state index contributed by atoms with van der Waals surface area (Å²) in [6.07, 6.45) is 1.55. The average molecular weight is 310 g/mol. The Labute approximate surface area is 113 Å². The van der Waals surface area contributed by atoms with Crippen molar-refractivity contribution in [1.82, 2.24) is 4.98 Å². The SMILES string of the molecule is CC(Nc1ncc(Br)cc1F)c1ccccc1N. The molecule has 2 aromatic rings. The zero-order chi connectivity index (χ0) is 13.1. The summed E-state index contributed by atoms with van der Waals surface area (Å²) in [5, 5.41) is 3.01. The third-order valence-electron chi connectivity index (χ3n) is 2.62. The molecule has 0 radical (unpaired) electrons. The molecule has 1 aromatic carbocycles. The van der Waals surface area contributed by atoms with Crippen molar-refractivity contribution in [3.63, 3.8) is 0 Å². The number of pyridine rings is 1. The van der Waals surface area contributed by atoms with Crippen molar-refractivity contribution in [1.29, 1.82) is 0 Å². The maximum atomic E-state index is 13.6. The first kappa shape index (κ1) is 12.8. The van der Waals surface area contributed by atoms with Gasteiger partial charge in [-0.15, -0.1) is 0 Å². The molecule has 1 heterocycles. The van der Waals surface area contributed by atoms with Crippen LogP contribution in [0.5, 0.6) is 0 Å². The molecular weight excluding hydrogens is 297 g/mol. The number of hydrogen-bond acceptors (Lipinski definition) is 3. The molecule has 3 nitrogen and oxygen atoms in total. The molecule has 0 amide bonds. The first-order valence-electron chi connectivity index (χ1n) is 5.50. The standard InChI is InChI=1S/C13H13BrFN3/c1-8(10-4-2-3-5-12(10)16)18-13-11(15)6-9(14)7-17-13/h2-8H,16H2,1H3,(H,17,18). The molecule has 1 unspecified atom stereocenters. The van der Waals surface area contributed by atoms with E-state index in [1.54, 1.807) is 6.20 Å². The summed E-state index contributed by atoms with van der Waals surface area (Å²) in [6.45, 7) is 1.91. The van der Waals surface area contributed by atoms with E-state index in [0.717, 1.165) is 5.56 Å². The monoisotopic (exact) mass is 309 g/mol. The van der Waals surface area contributed by atoms with E-state index in [-0.39, 0.29) is 11.9 Å². The highest BCUT2D eigenvalue weighted by Crippen LogP contribution is 2.25. The summed E-state index contributed by atoms with van der Waals surface area (Å²) in [5.74, 6) is -0.181. The van der Waals surface area contributed by atoms with Gasteiger partial charge in [-0.05, 0) is 40.5 Å². The lowest BCUT2D eigenvalue weighted by Crippen LogP contribution is -2.11. The van der Waals surface area contributed by atoms with Crippen molar-refractivity contribution >= 4 is 27.4 Å². The highest BCUT2D eigenvalue weighted by molar-refractivity contribution is 9.10. The number of hydrogen-bond donors (Lipinski definition) is 2. The smallest absolute Gasteiger partial charge is 0.166 e. The Morgan fingerprint density at radius 1 is 1.39 bits per heavy atom. The number of nitrogens with one attached hydrogen (secondary N) is 1. The van der Waals surface area contributed by atoms with E-state index in [0.29, 0.717) is 10.2 Å². The molecule has 0 bridgehead atoms. The number of anilines is 2. The lowest BCUT2D eigenvalue weighted by atomic mass is 10.1. The van der Waals surface area contributed by atoms with Crippen molar-refractivity contribution in [2.24, 2.45) is 0 Å². The molecule has 3 N–H and O–H groups in total. The molecule has 18 heavy (non-hydrogen) atoms. The fourth-order valence-corrected chi connectivity index (χ4v) is 2.01. The Kier molecular flexibility index (Phi) is 3.81. The first-order chi connectivity index (χ1) is 8.58. The summed E-state index contributed by atoms with van der Waals surface area (Å²) in [6, 6.07) is 8.74. The average Bonchev–Trinajstić information content (AvgIpc) is 2.33. The van der Waals surface area contributed by atoms with Crippen molar-refractivity contribution < 1.29 is 4.39 Å². The van der Waals surface area contributed by atoms with Crippen LogP contribution in [0.1, 0.15) is 18.5 Å². The second-order valence-corrected chi connectivity index (χ2v) is 4.89. The van der Waals surface area contributed by atoms with Gasteiger partial charge < -0.3 is 11.1 Å². The van der Waals surface area contributed by atoms with Gasteiger partial charge in [0.2, 0.25) is 0 Å². The normalized spacial score (nSPS) is 12.2. The van der Waals surface area contributed by atoms with Crippen LogP contribution in [-0.2, 0) is 0 Å². The molecule has 5 heteroatoms. The van der Waals surface area contributed by atoms with Crippen LogP contribution < -0.4 is 11.1 Å². The molecular formula is C13H13BrFN3. The number of nitrogens with zero attached hydrogens (tertiary/aromatic N) is 1. The van der Waals surface area contributed by atoms with E-state index in [4.69, 9.17) is 5.73 Å². The molecule has 0 aliphatic rings. The third-order valence-corrected chi connectivity index (χ3v) is 3.06. The molecule has 0 saturated carbocycles. The maximum Gasteiger partial charge on any atom is 0.166 e. The topological polar surface area (TPSA) is 50.9 Å². The minimum absolute atomic E-state index is 0.116. The lowest BCUT2D eigenvalue weighted by molar-refractivity contribution is 0.620. The minimum atomic E-state index is -0.397. The Hall–Kier alpha value is -1.62. The second-order valence-electron chi connectivity index (χ2n) is 3.98. The molecule has 0 saturated heterocycles. The molecule has 94 valence electrons. The van der Waals surface area contributed by atoms with Gasteiger partial charge in [0.15, 0.2) is 11.6 Å². The van der Waals surface area contributed by atoms with Gasteiger partial charge in [0.1, 0.15) is 0 Å². The largest absolute Gasteiger partial charge is 0.398 e. The van der Waals surface area contributed by atoms with E-state index in [9.17, 15) is 4.39 Å². The second kappa shape index (κ2) is 5.35. The van der Waals surface area contributed by atoms with Gasteiger partial charge in [0, 0.05) is 16.4 Å². The Balaban J connectivity index is 2.21. The molecule has 0 spiro atoms. The van der Waals surface area contributed by atoms with Crippen LogP contribution in [0, 0.1) is 5.82 Å². The zero-order valence-corrected chi connectivity index (χ0v) is 11.4. The van der Waals surface area contributed by atoms with E-state index < -0.39 is 5.82 Å². The number of benzene rings is 1. The number of aromatic nitrogens is 1. The highest BCUT2D eigenvalue weighted by Gasteiger charge is 2.11. The molecule has 2 rings (SSSR count). The van der Waals surface area contributed by atoms with E-state index in [2.05, 4.69) is 26.2 Å². The van der Waals surface area contributed by atoms with Gasteiger partial charge >= 0.3 is 0 Å². The quantitative estimate of drug-likeness (QED) is 0.849. The van der Waals surface area contributed by atoms with Gasteiger partial charge in [0.25, 0.3) is 0 Å². The van der Waals surface area contributed by atoms with Gasteiger partial charge in [-0.2, -0.15) is 0 Å². The van der Waals surface area contributed by atoms with Gasteiger partial charge in [-0.1, -0.05) is 18.2 Å². The molecule has 1 aromatic heterocycles. The number of halogens is 2. The van der Waals surface area contributed by atoms with Crippen LogP contribution in [0.4, 0.5) is 15.9 Å². The van der Waals surface area contributed by atoms with Gasteiger partial charge in [0.05, 0.1) is 6.04 Å². The van der Waals surface area contributed by atoms with Crippen LogP contribution >= 0.6 is 15.9 Å². The predicted octanol–water partition coefficient (Wildman–Crippen LogP) is 3.74. The third kappa shape index (κ3) is 2.79. The van der Waals surface area contributed by atoms with Crippen LogP contribution in [0.3, 0.4) is 0 Å². The van der Waals surface area contributed by atoms with Crippen LogP contribution in [-0.4, -0.2) is 4.98 Å². The summed E-state index contributed by atoms with van der Waals surface area (Å²) in [5.41, 5.74) is 7.47. The Morgan fingerprint density at radius 2 is 2.11 bits per heavy atom. The zero-order valence-electron chi connectivity index (χ0n) is 9.82. The summed E-state index contributed by atoms with van der Waals surface area (Å²) >= 11 is 3.17. The fraction of sp³-hybridized carbons (Fsp3) is 0.154. The van der Waals surface area contributed by atoms with Gasteiger partial charge in [-0.25, -0.2) is 9.37 Å². The van der Waals surface area contributed by atoms with Crippen LogP contribution in [0.25, 0.3) is 0 Å². The van der Waals surface area contributed by atoms with Crippen molar-refractivity contribution in [3.8, 4) is 0 Å². The predicted molar refractivity (Wildman–Crippen MR) is 74.8 cm³/mol. The molecule has 0 aliphatic carbocycles. The van der Waals surface area contributed by atoms with Crippen LogP contribution in [0.15, 0.2) is 41.0 Å². The molecule has 1 atom stereocenters. The summed E-state index contributed by atoms with van der Waals surface area (Å²) in [7, 11) is 0. The lowest BCUT2D eigenvalue weighted by Gasteiger charge is -2.17. The molecule has 0 fully saturated rings. The molecule has 0 aliphatic heterocycles. The van der Waals surface area contributed by atoms with E-state index in [1.807, 2.05) is 31.2 Å². The first-order valence-corrected chi connectivity index (χ1v) is 6.29. The van der Waals surface area contributed by atoms with Crippen molar-refractivity contribution in [3.05, 3.63) is 52.4 Å². The van der Waals surface area contributed by atoms with Crippen molar-refractivity contribution in [2.45, 2.75) is 13.0 Å². The Bertz CT molecular complexity index is 560. The van der Waals surface area contributed by atoms with E-state index >= 15 is 0 Å². The highest BCUT2D eigenvalue weighted by atomic mass is 79.9. The summed E-state index contributed by atoms with van der Waals surface area (Å²) < 4.78 is 14.2. The summed E-state index contributed by atoms with van der Waals surface area (Å²) in [4.78, 5) is 4.00. The van der Waals surface area contributed by atoms with Crippen molar-refractivity contribution in [2.75, 3.05) is 11.1 Å².